The van der Waals surface area contributed by atoms with E-state index in [-0.39, 0.29) is 11.6 Å². The zero-order valence-corrected chi connectivity index (χ0v) is 15.6. The fourth-order valence-corrected chi connectivity index (χ4v) is 5.15. The number of alkyl halides is 2. The van der Waals surface area contributed by atoms with Crippen molar-refractivity contribution in [3.05, 3.63) is 35.6 Å². The quantitative estimate of drug-likeness (QED) is 0.612. The highest BCUT2D eigenvalue weighted by Crippen LogP contribution is 2.34. The van der Waals surface area contributed by atoms with E-state index in [1.807, 2.05) is 0 Å². The van der Waals surface area contributed by atoms with Gasteiger partial charge in [-0.15, -0.1) is 0 Å². The van der Waals surface area contributed by atoms with Crippen LogP contribution in [0.3, 0.4) is 0 Å². The lowest BCUT2D eigenvalue weighted by Crippen LogP contribution is -2.35. The highest BCUT2D eigenvalue weighted by Gasteiger charge is 2.34. The Morgan fingerprint density at radius 2 is 1.75 bits per heavy atom. The number of hydrogen-bond donors (Lipinski definition) is 0. The molecule has 0 fully saturated rings. The molecule has 6 heteroatoms. The van der Waals surface area contributed by atoms with Gasteiger partial charge in [0.1, 0.15) is 5.82 Å². The van der Waals surface area contributed by atoms with Crippen LogP contribution in [-0.2, 0) is 15.3 Å². The maximum absolute atomic E-state index is 14.0. The molecule has 0 bridgehead atoms. The smallest absolute Gasteiger partial charge is 0.152 e. The van der Waals surface area contributed by atoms with Crippen molar-refractivity contribution in [1.82, 2.24) is 0 Å². The summed E-state index contributed by atoms with van der Waals surface area (Å²) in [5, 5.41) is 0.589. The molecule has 0 aliphatic heterocycles. The highest BCUT2D eigenvalue weighted by atomic mass is 79.9. The molecule has 0 unspecified atom stereocenters. The third kappa shape index (κ3) is 4.04. The highest BCUT2D eigenvalue weighted by molar-refractivity contribution is 9.09. The summed E-state index contributed by atoms with van der Waals surface area (Å²) in [7, 11) is -3.14. The van der Waals surface area contributed by atoms with Gasteiger partial charge in [-0.3, -0.25) is 0 Å². The molecule has 0 radical (unpaired) electrons. The normalized spacial score (nSPS) is 12.9. The van der Waals surface area contributed by atoms with E-state index < -0.39 is 20.5 Å². The molecular weight excluding hydrogens is 411 g/mol. The SMILES string of the molecule is CC(C)S(=O)(=O)CCC(CBr)(CBr)c1ccccc1F. The van der Waals surface area contributed by atoms with Crippen LogP contribution >= 0.6 is 31.9 Å². The summed E-state index contributed by atoms with van der Waals surface area (Å²) >= 11 is 6.83. The molecule has 0 saturated heterocycles. The predicted molar refractivity (Wildman–Crippen MR) is 89.2 cm³/mol. The number of halogens is 3. The van der Waals surface area contributed by atoms with Gasteiger partial charge in [-0.05, 0) is 31.9 Å². The van der Waals surface area contributed by atoms with Crippen LogP contribution in [0.2, 0.25) is 0 Å². The minimum atomic E-state index is -3.14. The topological polar surface area (TPSA) is 34.1 Å². The van der Waals surface area contributed by atoms with E-state index in [9.17, 15) is 12.8 Å². The molecule has 0 spiro atoms. The Bertz CT molecular complexity index is 540. The van der Waals surface area contributed by atoms with Crippen LogP contribution in [0.15, 0.2) is 24.3 Å². The summed E-state index contributed by atoms with van der Waals surface area (Å²) < 4.78 is 38.0. The molecule has 0 aliphatic rings. The van der Waals surface area contributed by atoms with Gasteiger partial charge in [0.2, 0.25) is 0 Å². The van der Waals surface area contributed by atoms with Crippen LogP contribution in [0.25, 0.3) is 0 Å². The lowest BCUT2D eigenvalue weighted by Gasteiger charge is -2.31. The van der Waals surface area contributed by atoms with Gasteiger partial charge in [0.15, 0.2) is 9.84 Å². The standard InChI is InChI=1S/C14H19Br2FO2S/c1-11(2)20(18,19)8-7-14(9-15,10-16)12-5-3-4-6-13(12)17/h3-6,11H,7-10H2,1-2H3. The van der Waals surface area contributed by atoms with Gasteiger partial charge in [-0.1, -0.05) is 50.1 Å². The molecule has 0 N–H and O–H groups in total. The molecule has 20 heavy (non-hydrogen) atoms. The van der Waals surface area contributed by atoms with Crippen molar-refractivity contribution in [2.45, 2.75) is 30.9 Å². The minimum Gasteiger partial charge on any atom is -0.229 e. The van der Waals surface area contributed by atoms with Gasteiger partial charge in [-0.2, -0.15) is 0 Å². The molecule has 1 aromatic rings. The van der Waals surface area contributed by atoms with Crippen LogP contribution in [0.1, 0.15) is 25.8 Å². The molecule has 114 valence electrons. The van der Waals surface area contributed by atoms with Crippen molar-refractivity contribution in [3.8, 4) is 0 Å². The minimum absolute atomic E-state index is 0.0518. The van der Waals surface area contributed by atoms with E-state index >= 15 is 0 Å². The van der Waals surface area contributed by atoms with Gasteiger partial charge in [0.25, 0.3) is 0 Å². The van der Waals surface area contributed by atoms with Crippen LogP contribution in [0.4, 0.5) is 4.39 Å². The van der Waals surface area contributed by atoms with Gasteiger partial charge < -0.3 is 0 Å². The lowest BCUT2D eigenvalue weighted by atomic mass is 9.82. The molecule has 0 amide bonds. The van der Waals surface area contributed by atoms with Crippen LogP contribution in [-0.4, -0.2) is 30.1 Å². The molecule has 0 aromatic heterocycles. The Morgan fingerprint density at radius 3 is 2.20 bits per heavy atom. The maximum Gasteiger partial charge on any atom is 0.152 e. The van der Waals surface area contributed by atoms with E-state index in [4.69, 9.17) is 0 Å². The third-order valence-electron chi connectivity index (χ3n) is 3.54. The van der Waals surface area contributed by atoms with Crippen LogP contribution in [0, 0.1) is 5.82 Å². The second kappa shape index (κ2) is 7.36. The summed E-state index contributed by atoms with van der Waals surface area (Å²) in [6.45, 7) is 3.34. The maximum atomic E-state index is 14.0. The predicted octanol–water partition coefficient (Wildman–Crippen LogP) is 4.07. The van der Waals surface area contributed by atoms with Gasteiger partial charge in [0.05, 0.1) is 11.0 Å². The summed E-state index contributed by atoms with van der Waals surface area (Å²) in [4.78, 5) is 0. The zero-order chi connectivity index (χ0) is 15.4. The summed E-state index contributed by atoms with van der Waals surface area (Å²) in [5.41, 5.74) is -0.0134. The Labute approximate surface area is 137 Å². The van der Waals surface area contributed by atoms with Crippen molar-refractivity contribution in [2.24, 2.45) is 0 Å². The molecule has 1 aromatic carbocycles. The van der Waals surface area contributed by atoms with Gasteiger partial charge >= 0.3 is 0 Å². The first-order chi connectivity index (χ1) is 9.29. The molecule has 0 saturated carbocycles. The number of benzene rings is 1. The Balaban J connectivity index is 3.09. The largest absolute Gasteiger partial charge is 0.229 e. The van der Waals surface area contributed by atoms with Crippen LogP contribution < -0.4 is 0 Å². The molecular formula is C14H19Br2FO2S. The second-order valence-electron chi connectivity index (χ2n) is 5.19. The Kier molecular flexibility index (Phi) is 6.67. The number of sulfone groups is 1. The molecule has 2 nitrogen and oxygen atoms in total. The van der Waals surface area contributed by atoms with Gasteiger partial charge in [-0.25, -0.2) is 12.8 Å². The Morgan fingerprint density at radius 1 is 1.20 bits per heavy atom. The average Bonchev–Trinajstić information content (AvgIpc) is 2.42. The first-order valence-electron chi connectivity index (χ1n) is 6.37. The Hall–Kier alpha value is 0.0600. The van der Waals surface area contributed by atoms with Crippen molar-refractivity contribution >= 4 is 41.7 Å². The third-order valence-corrected chi connectivity index (χ3v) is 7.90. The first-order valence-corrected chi connectivity index (χ1v) is 10.3. The molecule has 1 rings (SSSR count). The average molecular weight is 430 g/mol. The van der Waals surface area contributed by atoms with Crippen molar-refractivity contribution < 1.29 is 12.8 Å². The monoisotopic (exact) mass is 428 g/mol. The summed E-state index contributed by atoms with van der Waals surface area (Å²) in [5.74, 6) is -0.246. The summed E-state index contributed by atoms with van der Waals surface area (Å²) in [6.07, 6.45) is 0.380. The molecule has 0 atom stereocenters. The van der Waals surface area contributed by atoms with Crippen molar-refractivity contribution in [2.75, 3.05) is 16.4 Å². The van der Waals surface area contributed by atoms with Crippen molar-refractivity contribution in [3.63, 3.8) is 0 Å². The number of rotatable bonds is 7. The van der Waals surface area contributed by atoms with E-state index in [1.165, 1.54) is 6.07 Å². The number of hydrogen-bond acceptors (Lipinski definition) is 2. The lowest BCUT2D eigenvalue weighted by molar-refractivity contribution is 0.485. The van der Waals surface area contributed by atoms with Crippen molar-refractivity contribution in [1.29, 1.82) is 0 Å². The fraction of sp³-hybridized carbons (Fsp3) is 0.571. The second-order valence-corrected chi connectivity index (χ2v) is 8.99. The van der Waals surface area contributed by atoms with Gasteiger partial charge in [0, 0.05) is 16.1 Å². The fourth-order valence-electron chi connectivity index (χ4n) is 1.91. The molecule has 0 heterocycles. The summed E-state index contributed by atoms with van der Waals surface area (Å²) in [6, 6.07) is 6.54. The molecule has 0 aliphatic carbocycles. The first kappa shape index (κ1) is 18.1. The van der Waals surface area contributed by atoms with E-state index in [0.717, 1.165) is 0 Å². The van der Waals surface area contributed by atoms with E-state index in [0.29, 0.717) is 22.6 Å². The van der Waals surface area contributed by atoms with Crippen LogP contribution in [0.5, 0.6) is 0 Å². The van der Waals surface area contributed by atoms with E-state index in [1.54, 1.807) is 32.0 Å². The van der Waals surface area contributed by atoms with E-state index in [2.05, 4.69) is 31.9 Å². The zero-order valence-electron chi connectivity index (χ0n) is 11.6.